The van der Waals surface area contributed by atoms with Crippen molar-refractivity contribution in [1.82, 2.24) is 14.8 Å². The predicted molar refractivity (Wildman–Crippen MR) is 104 cm³/mol. The molecule has 0 aliphatic rings. The largest absolute Gasteiger partial charge is 0.495 e. The number of fused-ring (bicyclic) bond motifs is 1. The van der Waals surface area contributed by atoms with E-state index in [1.807, 2.05) is 41.0 Å². The smallest absolute Gasteiger partial charge is 0.196 e. The second-order valence-corrected chi connectivity index (χ2v) is 7.74. The SMILES string of the molecule is COc1ccccc1-n1cnnc1SCc1sc2ccccc2c1Cl. The van der Waals surface area contributed by atoms with Crippen molar-refractivity contribution in [3.05, 3.63) is 64.8 Å². The number of para-hydroxylation sites is 2. The number of thioether (sulfide) groups is 1. The topological polar surface area (TPSA) is 39.9 Å². The first-order valence-electron chi connectivity index (χ1n) is 7.60. The van der Waals surface area contributed by atoms with Gasteiger partial charge in [-0.05, 0) is 18.2 Å². The highest BCUT2D eigenvalue weighted by Crippen LogP contribution is 2.38. The number of halogens is 1. The van der Waals surface area contributed by atoms with Crippen molar-refractivity contribution in [1.29, 1.82) is 0 Å². The number of thiophene rings is 1. The summed E-state index contributed by atoms with van der Waals surface area (Å²) in [5.41, 5.74) is 0.917. The fourth-order valence-electron chi connectivity index (χ4n) is 2.60. The van der Waals surface area contributed by atoms with Crippen LogP contribution in [-0.4, -0.2) is 21.9 Å². The zero-order chi connectivity index (χ0) is 17.2. The third kappa shape index (κ3) is 3.13. The molecule has 2 heterocycles. The third-order valence-electron chi connectivity index (χ3n) is 3.80. The van der Waals surface area contributed by atoms with Gasteiger partial charge in [-0.1, -0.05) is 53.7 Å². The van der Waals surface area contributed by atoms with E-state index in [0.717, 1.165) is 37.6 Å². The lowest BCUT2D eigenvalue weighted by Crippen LogP contribution is -1.98. The van der Waals surface area contributed by atoms with Crippen LogP contribution < -0.4 is 4.74 Å². The average Bonchev–Trinajstić information content (AvgIpc) is 3.25. The summed E-state index contributed by atoms with van der Waals surface area (Å²) in [6.45, 7) is 0. The molecule has 4 nitrogen and oxygen atoms in total. The van der Waals surface area contributed by atoms with Crippen molar-refractivity contribution in [2.45, 2.75) is 10.9 Å². The Morgan fingerprint density at radius 1 is 1.16 bits per heavy atom. The molecule has 0 amide bonds. The molecule has 0 radical (unpaired) electrons. The lowest BCUT2D eigenvalue weighted by Gasteiger charge is -2.10. The number of hydrogen-bond donors (Lipinski definition) is 0. The van der Waals surface area contributed by atoms with Gasteiger partial charge in [0.1, 0.15) is 12.1 Å². The maximum Gasteiger partial charge on any atom is 0.196 e. The van der Waals surface area contributed by atoms with Crippen LogP contribution in [0.3, 0.4) is 0 Å². The molecule has 0 bridgehead atoms. The number of benzene rings is 2. The molecule has 126 valence electrons. The minimum atomic E-state index is 0.742. The summed E-state index contributed by atoms with van der Waals surface area (Å²) >= 11 is 9.87. The Labute approximate surface area is 158 Å². The lowest BCUT2D eigenvalue weighted by atomic mass is 10.2. The Kier molecular flexibility index (Phi) is 4.65. The van der Waals surface area contributed by atoms with Crippen molar-refractivity contribution in [3.8, 4) is 11.4 Å². The molecule has 0 spiro atoms. The standard InChI is InChI=1S/C18H14ClN3OS2/c1-23-14-8-4-3-7-13(14)22-11-20-21-18(22)24-10-16-17(19)12-6-2-5-9-15(12)25-16/h2-9,11H,10H2,1H3. The molecular formula is C18H14ClN3OS2. The number of nitrogens with zero attached hydrogens (tertiary/aromatic N) is 3. The zero-order valence-electron chi connectivity index (χ0n) is 13.3. The molecule has 25 heavy (non-hydrogen) atoms. The summed E-state index contributed by atoms with van der Waals surface area (Å²) in [5.74, 6) is 1.52. The molecule has 0 saturated carbocycles. The van der Waals surface area contributed by atoms with Crippen LogP contribution >= 0.6 is 34.7 Å². The number of rotatable bonds is 5. The van der Waals surface area contributed by atoms with E-state index in [2.05, 4.69) is 22.3 Å². The molecule has 0 unspecified atom stereocenters. The van der Waals surface area contributed by atoms with E-state index in [9.17, 15) is 0 Å². The fraction of sp³-hybridized carbons (Fsp3) is 0.111. The van der Waals surface area contributed by atoms with Crippen LogP contribution in [0.4, 0.5) is 0 Å². The van der Waals surface area contributed by atoms with Crippen LogP contribution in [0.25, 0.3) is 15.8 Å². The first-order chi connectivity index (χ1) is 12.3. The molecule has 0 saturated heterocycles. The van der Waals surface area contributed by atoms with E-state index in [0.29, 0.717) is 0 Å². The first kappa shape index (κ1) is 16.4. The Morgan fingerprint density at radius 3 is 2.80 bits per heavy atom. The van der Waals surface area contributed by atoms with Gasteiger partial charge in [-0.3, -0.25) is 4.57 Å². The molecule has 0 fully saturated rings. The van der Waals surface area contributed by atoms with E-state index in [4.69, 9.17) is 16.3 Å². The molecule has 0 atom stereocenters. The monoisotopic (exact) mass is 387 g/mol. The van der Waals surface area contributed by atoms with Gasteiger partial charge in [0.2, 0.25) is 0 Å². The number of ether oxygens (including phenoxy) is 1. The normalized spacial score (nSPS) is 11.1. The zero-order valence-corrected chi connectivity index (χ0v) is 15.7. The number of hydrogen-bond acceptors (Lipinski definition) is 5. The van der Waals surface area contributed by atoms with Gasteiger partial charge in [-0.25, -0.2) is 0 Å². The predicted octanol–water partition coefficient (Wildman–Crippen LogP) is 5.44. The summed E-state index contributed by atoms with van der Waals surface area (Å²) in [4.78, 5) is 1.14. The number of aromatic nitrogens is 3. The quantitative estimate of drug-likeness (QED) is 0.428. The van der Waals surface area contributed by atoms with Crippen molar-refractivity contribution < 1.29 is 4.74 Å². The molecule has 0 aliphatic heterocycles. The number of methoxy groups -OCH3 is 1. The Hall–Kier alpha value is -2.02. The second kappa shape index (κ2) is 7.07. The van der Waals surface area contributed by atoms with Gasteiger partial charge in [-0.2, -0.15) is 0 Å². The molecule has 4 rings (SSSR count). The van der Waals surface area contributed by atoms with Gasteiger partial charge in [0, 0.05) is 20.7 Å². The van der Waals surface area contributed by atoms with Crippen LogP contribution in [0.5, 0.6) is 5.75 Å². The van der Waals surface area contributed by atoms with Crippen molar-refractivity contribution in [3.63, 3.8) is 0 Å². The summed E-state index contributed by atoms with van der Waals surface area (Å²) in [5, 5.41) is 11.0. The van der Waals surface area contributed by atoms with Crippen LogP contribution in [0.15, 0.2) is 60.0 Å². The van der Waals surface area contributed by atoms with Crippen LogP contribution in [0.2, 0.25) is 5.02 Å². The van der Waals surface area contributed by atoms with E-state index < -0.39 is 0 Å². The van der Waals surface area contributed by atoms with Crippen LogP contribution in [0.1, 0.15) is 4.88 Å². The molecule has 4 aromatic rings. The molecule has 7 heteroatoms. The minimum absolute atomic E-state index is 0.742. The van der Waals surface area contributed by atoms with Gasteiger partial charge >= 0.3 is 0 Å². The molecule has 0 aliphatic carbocycles. The van der Waals surface area contributed by atoms with Gasteiger partial charge in [0.05, 0.1) is 17.8 Å². The Balaban J connectivity index is 1.62. The highest BCUT2D eigenvalue weighted by molar-refractivity contribution is 7.98. The molecule has 2 aromatic heterocycles. The van der Waals surface area contributed by atoms with Gasteiger partial charge < -0.3 is 4.74 Å². The van der Waals surface area contributed by atoms with Crippen molar-refractivity contribution in [2.24, 2.45) is 0 Å². The maximum atomic E-state index is 6.54. The van der Waals surface area contributed by atoms with E-state index in [1.54, 1.807) is 36.5 Å². The fourth-order valence-corrected chi connectivity index (χ4v) is 5.19. The highest BCUT2D eigenvalue weighted by atomic mass is 35.5. The summed E-state index contributed by atoms with van der Waals surface area (Å²) in [6, 6.07) is 16.0. The lowest BCUT2D eigenvalue weighted by molar-refractivity contribution is 0.412. The first-order valence-corrected chi connectivity index (χ1v) is 9.78. The minimum Gasteiger partial charge on any atom is -0.495 e. The Bertz CT molecular complexity index is 1030. The highest BCUT2D eigenvalue weighted by Gasteiger charge is 2.14. The van der Waals surface area contributed by atoms with Crippen molar-refractivity contribution >= 4 is 44.8 Å². The Morgan fingerprint density at radius 2 is 1.96 bits per heavy atom. The average molecular weight is 388 g/mol. The van der Waals surface area contributed by atoms with E-state index >= 15 is 0 Å². The van der Waals surface area contributed by atoms with Gasteiger partial charge in [0.15, 0.2) is 5.16 Å². The summed E-state index contributed by atoms with van der Waals surface area (Å²) in [6.07, 6.45) is 1.70. The summed E-state index contributed by atoms with van der Waals surface area (Å²) < 4.78 is 8.58. The van der Waals surface area contributed by atoms with Crippen LogP contribution in [0, 0.1) is 0 Å². The third-order valence-corrected chi connectivity index (χ3v) is 6.66. The van der Waals surface area contributed by atoms with Crippen molar-refractivity contribution in [2.75, 3.05) is 7.11 Å². The van der Waals surface area contributed by atoms with Gasteiger partial charge in [0.25, 0.3) is 0 Å². The van der Waals surface area contributed by atoms with Gasteiger partial charge in [-0.15, -0.1) is 21.5 Å². The molecule has 2 aromatic carbocycles. The van der Waals surface area contributed by atoms with E-state index in [-0.39, 0.29) is 0 Å². The van der Waals surface area contributed by atoms with Crippen LogP contribution in [-0.2, 0) is 5.75 Å². The second-order valence-electron chi connectivity index (χ2n) is 5.28. The summed E-state index contributed by atoms with van der Waals surface area (Å²) in [7, 11) is 1.66. The maximum absolute atomic E-state index is 6.54. The molecular weight excluding hydrogens is 374 g/mol. The van der Waals surface area contributed by atoms with E-state index in [1.165, 1.54) is 4.70 Å². The molecule has 0 N–H and O–H groups in total.